The van der Waals surface area contributed by atoms with E-state index in [2.05, 4.69) is 39.7 Å². The minimum absolute atomic E-state index is 0.0203. The minimum Gasteiger partial charge on any atom is -0.579 e. The number of hydrogen-bond donors (Lipinski definition) is 5. The molecule has 1 aromatic carbocycles. The molecule has 1 saturated heterocycles. The first-order valence-corrected chi connectivity index (χ1v) is 23.8. The lowest BCUT2D eigenvalue weighted by Crippen LogP contribution is -2.62. The van der Waals surface area contributed by atoms with Crippen molar-refractivity contribution in [2.45, 2.75) is 104 Å². The van der Waals surface area contributed by atoms with Crippen LogP contribution in [0.25, 0.3) is 22.3 Å². The van der Waals surface area contributed by atoms with Gasteiger partial charge in [0, 0.05) is 69.0 Å². The van der Waals surface area contributed by atoms with Crippen LogP contribution >= 0.6 is 11.3 Å². The smallest absolute Gasteiger partial charge is 0.315 e. The Morgan fingerprint density at radius 1 is 1.05 bits per heavy atom. The summed E-state index contributed by atoms with van der Waals surface area (Å²) < 4.78 is 28.4. The van der Waals surface area contributed by atoms with Crippen LogP contribution in [0.3, 0.4) is 0 Å². The first-order valence-electron chi connectivity index (χ1n) is 21.8. The van der Waals surface area contributed by atoms with Crippen molar-refractivity contribution in [3.05, 3.63) is 55.0 Å². The van der Waals surface area contributed by atoms with Crippen molar-refractivity contribution in [3.63, 3.8) is 0 Å². The number of likely N-dealkylation sites (tertiary alicyclic amines) is 1. The largest absolute Gasteiger partial charge is 0.579 e. The highest BCUT2D eigenvalue weighted by molar-refractivity contribution is 7.86. The highest BCUT2D eigenvalue weighted by atomic mass is 32.2. The third-order valence-electron chi connectivity index (χ3n) is 11.5. The number of urea groups is 1. The van der Waals surface area contributed by atoms with Gasteiger partial charge >= 0.3 is 6.03 Å². The number of nitrogens with zero attached hydrogens (tertiary/aromatic N) is 5. The average Bonchev–Trinajstić information content (AvgIpc) is 3.50. The van der Waals surface area contributed by atoms with Crippen molar-refractivity contribution in [1.82, 2.24) is 44.7 Å². The molecule has 0 bridgehead atoms. The van der Waals surface area contributed by atoms with Gasteiger partial charge in [0.15, 0.2) is 5.13 Å². The van der Waals surface area contributed by atoms with Gasteiger partial charge < -0.3 is 45.5 Å². The van der Waals surface area contributed by atoms with Crippen LogP contribution in [-0.2, 0) is 25.9 Å². The predicted octanol–water partition coefficient (Wildman–Crippen LogP) is 5.10. The molecular formula is C46H68N10O7S2. The number of carbonyl (C=O) groups is 4. The molecule has 1 aliphatic heterocycles. The standard InChI is InChI=1S/C46H68N10O7S2/c1-15-19-47-41(59)46(23-28(46)16-2)53-39(57)35-21-30(63-36-22-33(34-26-64-43(50-34)48-27(3)4)49-32-20-29(62-14)17-18-31(32)36)24-56(35)40(58)38(45(8,9)10)52-42(60)51-37(44(5,6)7)25-55(13)65(61)54(11)12/h15-18,20,22,26-28,30,35,37-38H,1-2,19,21,23-25H2,3-14H3,(H,47,59)(H,48,50)(H,53,57)(H2,51,52,60)/t28?,30-,35+,37-,38-,46-,65?/m1/s1. The summed E-state index contributed by atoms with van der Waals surface area (Å²) in [6.07, 6.45) is 2.89. The third kappa shape index (κ3) is 12.3. The normalized spacial score (nSPS) is 21.1. The van der Waals surface area contributed by atoms with Gasteiger partial charge in [-0.1, -0.05) is 53.7 Å². The number of thiazole rings is 1. The molecule has 65 heavy (non-hydrogen) atoms. The zero-order valence-corrected chi connectivity index (χ0v) is 41.5. The highest BCUT2D eigenvalue weighted by Gasteiger charge is 2.60. The molecule has 3 heterocycles. The lowest BCUT2D eigenvalue weighted by atomic mass is 9.85. The molecule has 5 rings (SSSR count). The molecule has 2 aliphatic rings. The number of benzene rings is 1. The number of aromatic nitrogens is 2. The molecule has 1 aliphatic carbocycles. The van der Waals surface area contributed by atoms with Crippen molar-refractivity contribution in [2.24, 2.45) is 16.7 Å². The number of nitrogens with one attached hydrogen (secondary N) is 5. The van der Waals surface area contributed by atoms with Crippen LogP contribution in [0, 0.1) is 16.7 Å². The van der Waals surface area contributed by atoms with Crippen molar-refractivity contribution >= 4 is 62.7 Å². The second-order valence-corrected chi connectivity index (χ2v) is 22.1. The van der Waals surface area contributed by atoms with Crippen molar-refractivity contribution in [1.29, 1.82) is 0 Å². The molecule has 356 valence electrons. The van der Waals surface area contributed by atoms with E-state index >= 15 is 4.79 Å². The predicted molar refractivity (Wildman–Crippen MR) is 258 cm³/mol. The summed E-state index contributed by atoms with van der Waals surface area (Å²) in [5, 5.41) is 18.5. The molecule has 1 saturated carbocycles. The molecule has 5 amide bonds. The van der Waals surface area contributed by atoms with Crippen molar-refractivity contribution in [3.8, 4) is 22.9 Å². The summed E-state index contributed by atoms with van der Waals surface area (Å²) in [5.41, 5.74) is -0.762. The van der Waals surface area contributed by atoms with Crippen LogP contribution in [0.4, 0.5) is 9.93 Å². The fraction of sp³-hybridized carbons (Fsp3) is 0.565. The van der Waals surface area contributed by atoms with E-state index in [9.17, 15) is 18.9 Å². The summed E-state index contributed by atoms with van der Waals surface area (Å²) in [6, 6.07) is 4.17. The van der Waals surface area contributed by atoms with Gasteiger partial charge in [0.2, 0.25) is 17.7 Å². The Hall–Kier alpha value is -4.95. The zero-order chi connectivity index (χ0) is 48.2. The molecular weight excluding hydrogens is 869 g/mol. The topological polar surface area (TPSA) is 205 Å². The number of likely N-dealkylation sites (N-methyl/N-ethyl adjacent to an activating group) is 1. The van der Waals surface area contributed by atoms with E-state index in [-0.39, 0.29) is 43.9 Å². The highest BCUT2D eigenvalue weighted by Crippen LogP contribution is 2.45. The Morgan fingerprint density at radius 3 is 2.34 bits per heavy atom. The molecule has 0 spiro atoms. The fourth-order valence-electron chi connectivity index (χ4n) is 7.73. The Bertz CT molecular complexity index is 2220. The van der Waals surface area contributed by atoms with Crippen molar-refractivity contribution in [2.75, 3.05) is 53.2 Å². The number of anilines is 1. The molecule has 0 radical (unpaired) electrons. The Labute approximate surface area is 391 Å². The van der Waals surface area contributed by atoms with E-state index in [4.69, 9.17) is 19.4 Å². The Kier molecular flexibility index (Phi) is 16.3. The van der Waals surface area contributed by atoms with Crippen LogP contribution < -0.4 is 36.1 Å². The number of ether oxygens (including phenoxy) is 2. The number of carbonyl (C=O) groups excluding carboxylic acids is 4. The van der Waals surface area contributed by atoms with Gasteiger partial charge in [0.25, 0.3) is 0 Å². The number of pyridine rings is 1. The average molecular weight is 937 g/mol. The molecule has 2 unspecified atom stereocenters. The first-order chi connectivity index (χ1) is 30.4. The van der Waals surface area contributed by atoms with Gasteiger partial charge in [-0.2, -0.15) is 0 Å². The second-order valence-electron chi connectivity index (χ2n) is 19.4. The first kappa shape index (κ1) is 51.0. The van der Waals surface area contributed by atoms with Crippen molar-refractivity contribution < 1.29 is 33.2 Å². The van der Waals surface area contributed by atoms with Gasteiger partial charge in [-0.3, -0.25) is 14.4 Å². The SMILES string of the molecule is C=CCNC(=O)[C@@]1(NC(=O)[C@@H]2C[C@@H](Oc3cc(-c4csc(NC(C)C)n4)nc4cc(OC)ccc34)CN2C(=O)[C@@H](NC(=O)N[C@H](CN(C)[S+]([O-])N(C)C)C(C)(C)C)C(C)(C)C)CC1C=C. The van der Waals surface area contributed by atoms with E-state index in [1.807, 2.05) is 79.0 Å². The van der Waals surface area contributed by atoms with Gasteiger partial charge in [0.05, 0.1) is 37.5 Å². The molecule has 5 N–H and O–H groups in total. The number of methoxy groups -OCH3 is 1. The Balaban J connectivity index is 1.50. The number of fused-ring (bicyclic) bond motifs is 1. The number of amides is 5. The molecule has 2 aromatic heterocycles. The summed E-state index contributed by atoms with van der Waals surface area (Å²) in [5.74, 6) is -0.685. The van der Waals surface area contributed by atoms with E-state index in [0.717, 1.165) is 5.13 Å². The Morgan fingerprint density at radius 2 is 1.75 bits per heavy atom. The molecule has 7 atom stereocenters. The summed E-state index contributed by atoms with van der Waals surface area (Å²) in [4.78, 5) is 68.4. The maximum atomic E-state index is 15.1. The van der Waals surface area contributed by atoms with Gasteiger partial charge in [0.1, 0.15) is 52.5 Å². The third-order valence-corrected chi connectivity index (χ3v) is 13.6. The molecule has 17 nitrogen and oxygen atoms in total. The van der Waals surface area contributed by atoms with Gasteiger partial charge in [-0.05, 0) is 43.2 Å². The monoisotopic (exact) mass is 936 g/mol. The summed E-state index contributed by atoms with van der Waals surface area (Å²) >= 11 is 0.0144. The lowest BCUT2D eigenvalue weighted by Gasteiger charge is -2.38. The van der Waals surface area contributed by atoms with Gasteiger partial charge in [-0.15, -0.1) is 33.1 Å². The maximum absolute atomic E-state index is 15.1. The van der Waals surface area contributed by atoms with Crippen LogP contribution in [0.15, 0.2) is 55.0 Å². The number of hydrogen-bond acceptors (Lipinski definition) is 13. The molecule has 3 aromatic rings. The fourth-order valence-corrected chi connectivity index (χ4v) is 9.42. The molecule has 19 heteroatoms. The van der Waals surface area contributed by atoms with Crippen LogP contribution in [-0.4, -0.2) is 135 Å². The van der Waals surface area contributed by atoms with Crippen LogP contribution in [0.1, 0.15) is 68.2 Å². The zero-order valence-electron chi connectivity index (χ0n) is 39.9. The number of rotatable bonds is 19. The van der Waals surface area contributed by atoms with E-state index in [0.29, 0.717) is 40.2 Å². The lowest BCUT2D eigenvalue weighted by molar-refractivity contribution is -0.142. The van der Waals surface area contributed by atoms with Gasteiger partial charge in [-0.25, -0.2) is 14.8 Å². The summed E-state index contributed by atoms with van der Waals surface area (Å²) in [7, 11) is 6.70. The molecule has 2 fully saturated rings. The minimum atomic E-state index is -1.45. The van der Waals surface area contributed by atoms with E-state index in [1.54, 1.807) is 55.1 Å². The maximum Gasteiger partial charge on any atom is 0.315 e. The quantitative estimate of drug-likeness (QED) is 0.0787. The second kappa shape index (κ2) is 20.7. The summed E-state index contributed by atoms with van der Waals surface area (Å²) in [6.45, 7) is 23.5. The van der Waals surface area contributed by atoms with E-state index in [1.165, 1.54) is 16.2 Å². The van der Waals surface area contributed by atoms with Crippen LogP contribution in [0.2, 0.25) is 0 Å². The van der Waals surface area contributed by atoms with E-state index < -0.39 is 70.0 Å². The van der Waals surface area contributed by atoms with Crippen LogP contribution in [0.5, 0.6) is 11.5 Å².